The Labute approximate surface area is 135 Å². The minimum atomic E-state index is -2.17. The number of hydrogen-bond acceptors (Lipinski definition) is 8. The maximum Gasteiger partial charge on any atom is 0.636 e. The lowest BCUT2D eigenvalue weighted by Gasteiger charge is -2.12. The van der Waals surface area contributed by atoms with Gasteiger partial charge < -0.3 is 39.9 Å². The number of hydrogen-bond donors (Lipinski definition) is 6. The number of carboxylic acid groups (broad SMARTS) is 1. The summed E-state index contributed by atoms with van der Waals surface area (Å²) in [7, 11) is -1.60. The third-order valence-electron chi connectivity index (χ3n) is 1.53. The number of alkyl halides is 3. The maximum atomic E-state index is 9.62. The van der Waals surface area contributed by atoms with Crippen LogP contribution in [0.15, 0.2) is 0 Å². The molecule has 9 nitrogen and oxygen atoms in total. The van der Waals surface area contributed by atoms with Gasteiger partial charge in [0.1, 0.15) is 0 Å². The summed E-state index contributed by atoms with van der Waals surface area (Å²) < 4.78 is 6.87. The van der Waals surface area contributed by atoms with E-state index in [1.807, 2.05) is 0 Å². The molecular weight excluding hydrogens is 357 g/mol. The second-order valence-electron chi connectivity index (χ2n) is 3.45. The highest BCUT2D eigenvalue weighted by molar-refractivity contribution is 6.75. The molecule has 0 aromatic rings. The van der Waals surface area contributed by atoms with E-state index in [0.717, 1.165) is 0 Å². The predicted molar refractivity (Wildman–Crippen MR) is 74.0 cm³/mol. The Balaban J connectivity index is 0. The average Bonchev–Trinajstić information content (AvgIpc) is 2.41. The quantitative estimate of drug-likeness (QED) is 0.212. The normalized spacial score (nSPS) is 13.9. The maximum absolute atomic E-state index is 9.62. The number of aliphatic hydroxyl groups excluding tert-OH is 4. The van der Waals surface area contributed by atoms with Crippen LogP contribution < -0.4 is 0 Å². The van der Waals surface area contributed by atoms with E-state index >= 15 is 0 Å². The lowest BCUT2D eigenvalue weighted by Crippen LogP contribution is -2.32. The van der Waals surface area contributed by atoms with Gasteiger partial charge in [0, 0.05) is 0 Å². The summed E-state index contributed by atoms with van der Waals surface area (Å²) in [5, 5.41) is 51.1. The van der Waals surface area contributed by atoms with Crippen molar-refractivity contribution in [3.05, 3.63) is 0 Å². The van der Waals surface area contributed by atoms with Crippen molar-refractivity contribution in [2.45, 2.75) is 16.0 Å². The van der Waals surface area contributed by atoms with E-state index in [1.54, 1.807) is 0 Å². The molecule has 0 saturated heterocycles. The molecule has 0 aromatic carbocycles. The molecule has 0 bridgehead atoms. The monoisotopic (exact) mass is 372 g/mol. The standard InChI is InChI=1S/C6H15BO7.C2HCl3O2/c8-1-5(10)3-13-7(12)14-4-6(11)2-9;3-2(4,5)1(6)7/h5-6,8-12H,1-4H2;(H,6,7). The van der Waals surface area contributed by atoms with E-state index in [2.05, 4.69) is 9.31 Å². The Hall–Kier alpha value is 0.125. The van der Waals surface area contributed by atoms with Crippen molar-refractivity contribution in [2.24, 2.45) is 0 Å². The van der Waals surface area contributed by atoms with Gasteiger partial charge in [0.15, 0.2) is 0 Å². The molecule has 0 rings (SSSR count). The average molecular weight is 373 g/mol. The minimum Gasteiger partial charge on any atom is -0.478 e. The van der Waals surface area contributed by atoms with Crippen LogP contribution in [0.2, 0.25) is 0 Å². The molecule has 0 aliphatic rings. The van der Waals surface area contributed by atoms with Crippen LogP contribution in [-0.2, 0) is 14.1 Å². The molecule has 0 amide bonds. The molecule has 2 unspecified atom stereocenters. The largest absolute Gasteiger partial charge is 0.636 e. The molecule has 13 heteroatoms. The fourth-order valence-corrected chi connectivity index (χ4v) is 0.540. The Morgan fingerprint density at radius 1 is 1.05 bits per heavy atom. The zero-order valence-electron chi connectivity index (χ0n) is 10.6. The van der Waals surface area contributed by atoms with Crippen LogP contribution in [0.1, 0.15) is 0 Å². The molecular formula is C8H16BCl3O9. The second kappa shape index (κ2) is 12.6. The number of carbonyl (C=O) groups is 1. The molecule has 0 fully saturated rings. The van der Waals surface area contributed by atoms with Crippen molar-refractivity contribution in [3.8, 4) is 0 Å². The first-order chi connectivity index (χ1) is 9.54. The number of aliphatic carboxylic acids is 1. The number of carboxylic acids is 1. The highest BCUT2D eigenvalue weighted by atomic mass is 35.6. The smallest absolute Gasteiger partial charge is 0.478 e. The first-order valence-electron chi connectivity index (χ1n) is 5.33. The fraction of sp³-hybridized carbons (Fsp3) is 0.875. The van der Waals surface area contributed by atoms with Gasteiger partial charge in [-0.25, -0.2) is 4.79 Å². The second-order valence-corrected chi connectivity index (χ2v) is 5.73. The molecule has 0 aliphatic heterocycles. The van der Waals surface area contributed by atoms with E-state index in [0.29, 0.717) is 0 Å². The SMILES string of the molecule is O=C(O)C(Cl)(Cl)Cl.OCC(O)COB(O)OCC(O)CO. The Morgan fingerprint density at radius 3 is 1.52 bits per heavy atom. The summed E-state index contributed by atoms with van der Waals surface area (Å²) in [5.41, 5.74) is 0. The molecule has 21 heavy (non-hydrogen) atoms. The van der Waals surface area contributed by atoms with Gasteiger partial charge in [0.25, 0.3) is 3.79 Å². The van der Waals surface area contributed by atoms with E-state index in [4.69, 9.17) is 65.4 Å². The Kier molecular flexibility index (Phi) is 14.1. The van der Waals surface area contributed by atoms with Crippen molar-refractivity contribution in [1.29, 1.82) is 0 Å². The van der Waals surface area contributed by atoms with Gasteiger partial charge in [-0.2, -0.15) is 0 Å². The first kappa shape index (κ1) is 23.4. The number of aliphatic hydroxyl groups is 4. The molecule has 2 atom stereocenters. The highest BCUT2D eigenvalue weighted by Crippen LogP contribution is 2.25. The van der Waals surface area contributed by atoms with E-state index in [-0.39, 0.29) is 13.2 Å². The molecule has 0 aliphatic carbocycles. The fourth-order valence-electron chi connectivity index (χ4n) is 0.540. The van der Waals surface area contributed by atoms with Gasteiger partial charge in [0.05, 0.1) is 38.6 Å². The van der Waals surface area contributed by atoms with E-state index < -0.39 is 42.5 Å². The zero-order valence-corrected chi connectivity index (χ0v) is 12.9. The van der Waals surface area contributed by atoms with Gasteiger partial charge in [-0.3, -0.25) is 0 Å². The van der Waals surface area contributed by atoms with Crippen molar-refractivity contribution >= 4 is 48.1 Å². The van der Waals surface area contributed by atoms with Crippen LogP contribution >= 0.6 is 34.8 Å². The minimum absolute atomic E-state index is 0.285. The summed E-state index contributed by atoms with van der Waals surface area (Å²) in [4.78, 5) is 9.62. The van der Waals surface area contributed by atoms with Crippen molar-refractivity contribution in [3.63, 3.8) is 0 Å². The first-order valence-corrected chi connectivity index (χ1v) is 6.47. The van der Waals surface area contributed by atoms with Crippen LogP contribution in [0.25, 0.3) is 0 Å². The molecule has 0 spiro atoms. The lowest BCUT2D eigenvalue weighted by atomic mass is 10.2. The van der Waals surface area contributed by atoms with E-state index in [9.17, 15) is 4.79 Å². The van der Waals surface area contributed by atoms with Crippen LogP contribution in [-0.4, -0.2) is 86.3 Å². The van der Waals surface area contributed by atoms with Crippen LogP contribution in [0.3, 0.4) is 0 Å². The summed E-state index contributed by atoms with van der Waals surface area (Å²) in [6, 6.07) is 0. The molecule has 126 valence electrons. The molecule has 0 heterocycles. The molecule has 0 aromatic heterocycles. The predicted octanol–water partition coefficient (Wildman–Crippen LogP) is -1.86. The number of rotatable bonds is 8. The molecule has 0 radical (unpaired) electrons. The van der Waals surface area contributed by atoms with Crippen molar-refractivity contribution in [1.82, 2.24) is 0 Å². The lowest BCUT2D eigenvalue weighted by molar-refractivity contribution is -0.135. The van der Waals surface area contributed by atoms with Crippen LogP contribution in [0.4, 0.5) is 0 Å². The summed E-state index contributed by atoms with van der Waals surface area (Å²) in [6.45, 7) is -1.53. The molecule has 0 saturated carbocycles. The van der Waals surface area contributed by atoms with Gasteiger partial charge in [-0.05, 0) is 0 Å². The van der Waals surface area contributed by atoms with Crippen LogP contribution in [0, 0.1) is 0 Å². The van der Waals surface area contributed by atoms with E-state index in [1.165, 1.54) is 0 Å². The summed E-state index contributed by atoms with van der Waals surface area (Å²) in [5.74, 6) is -1.46. The molecule has 6 N–H and O–H groups in total. The Bertz CT molecular complexity index is 264. The van der Waals surface area contributed by atoms with Crippen molar-refractivity contribution < 1.29 is 44.7 Å². The summed E-state index contributed by atoms with van der Waals surface area (Å²) in [6.07, 6.45) is -2.17. The third kappa shape index (κ3) is 16.3. The van der Waals surface area contributed by atoms with Gasteiger partial charge in [0.2, 0.25) is 0 Å². The van der Waals surface area contributed by atoms with Gasteiger partial charge in [-0.15, -0.1) is 0 Å². The highest BCUT2D eigenvalue weighted by Gasteiger charge is 2.29. The van der Waals surface area contributed by atoms with Gasteiger partial charge in [-0.1, -0.05) is 34.8 Å². The summed E-state index contributed by atoms with van der Waals surface area (Å²) >= 11 is 14.4. The van der Waals surface area contributed by atoms with Crippen molar-refractivity contribution in [2.75, 3.05) is 26.4 Å². The van der Waals surface area contributed by atoms with Crippen LogP contribution in [0.5, 0.6) is 0 Å². The number of halogens is 3. The Morgan fingerprint density at radius 2 is 1.33 bits per heavy atom. The zero-order chi connectivity index (χ0) is 17.1. The van der Waals surface area contributed by atoms with Gasteiger partial charge >= 0.3 is 13.3 Å². The topological polar surface area (TPSA) is 157 Å². The third-order valence-corrected chi connectivity index (χ3v) is 2.01.